The highest BCUT2D eigenvalue weighted by Crippen LogP contribution is 2.37. The van der Waals surface area contributed by atoms with E-state index in [1.165, 1.54) is 11.0 Å². The molecule has 0 spiro atoms. The second kappa shape index (κ2) is 6.54. The number of likely N-dealkylation sites (tertiary alicyclic amines) is 1. The predicted octanol–water partition coefficient (Wildman–Crippen LogP) is 1.81. The smallest absolute Gasteiger partial charge is 0.230 e. The summed E-state index contributed by atoms with van der Waals surface area (Å²) in [5.74, 6) is -1.74. The summed E-state index contributed by atoms with van der Waals surface area (Å²) in [7, 11) is 3.41. The van der Waals surface area contributed by atoms with Crippen molar-refractivity contribution in [1.29, 1.82) is 0 Å². The van der Waals surface area contributed by atoms with Crippen molar-refractivity contribution >= 4 is 17.5 Å². The van der Waals surface area contributed by atoms with Gasteiger partial charge < -0.3 is 15.3 Å². The van der Waals surface area contributed by atoms with Crippen LogP contribution in [0.5, 0.6) is 5.75 Å². The van der Waals surface area contributed by atoms with Crippen molar-refractivity contribution in [2.45, 2.75) is 18.9 Å². The molecule has 1 fully saturated rings. The highest BCUT2D eigenvalue weighted by atomic mass is 19.1. The Balaban J connectivity index is 1.88. The minimum atomic E-state index is -0.562. The molecule has 1 aromatic heterocycles. The van der Waals surface area contributed by atoms with Crippen molar-refractivity contribution in [2.75, 3.05) is 12.4 Å². The summed E-state index contributed by atoms with van der Waals surface area (Å²) >= 11 is 0. The van der Waals surface area contributed by atoms with Gasteiger partial charge in [0.2, 0.25) is 11.8 Å². The first kappa shape index (κ1) is 16.9. The van der Waals surface area contributed by atoms with Crippen molar-refractivity contribution in [3.05, 3.63) is 42.0 Å². The number of piperidine rings is 1. The van der Waals surface area contributed by atoms with Gasteiger partial charge in [-0.05, 0) is 18.6 Å². The van der Waals surface area contributed by atoms with Crippen molar-refractivity contribution < 1.29 is 19.1 Å². The number of rotatable bonds is 3. The van der Waals surface area contributed by atoms with E-state index in [4.69, 9.17) is 0 Å². The molecule has 25 heavy (non-hydrogen) atoms. The second-order valence-electron chi connectivity index (χ2n) is 6.19. The Labute approximate surface area is 144 Å². The molecule has 3 rings (SSSR count). The van der Waals surface area contributed by atoms with Gasteiger partial charge in [0.15, 0.2) is 0 Å². The maximum absolute atomic E-state index is 13.4. The molecule has 1 aliphatic rings. The molecule has 0 bridgehead atoms. The number of amides is 2. The lowest BCUT2D eigenvalue weighted by molar-refractivity contribution is -0.140. The number of halogens is 1. The van der Waals surface area contributed by atoms with E-state index in [2.05, 4.69) is 10.4 Å². The van der Waals surface area contributed by atoms with Gasteiger partial charge in [0.1, 0.15) is 11.6 Å². The van der Waals surface area contributed by atoms with Gasteiger partial charge in [0.25, 0.3) is 0 Å². The number of aryl methyl sites for hydroxylation is 1. The molecule has 0 saturated carbocycles. The van der Waals surface area contributed by atoms with Crippen molar-refractivity contribution in [1.82, 2.24) is 14.7 Å². The van der Waals surface area contributed by atoms with Crippen LogP contribution < -0.4 is 5.32 Å². The number of carbonyl (C=O) groups excluding carboxylic acids is 2. The van der Waals surface area contributed by atoms with Crippen LogP contribution in [-0.2, 0) is 16.6 Å². The SMILES string of the molecule is CN1C(=O)CC[C@H](C(=O)Nc2cc(F)ccc2O)[C@H]1c1cnn(C)c1. The lowest BCUT2D eigenvalue weighted by atomic mass is 9.85. The molecule has 1 aromatic carbocycles. The summed E-state index contributed by atoms with van der Waals surface area (Å²) in [5.41, 5.74) is 0.760. The van der Waals surface area contributed by atoms with Crippen molar-refractivity contribution in [3.8, 4) is 5.75 Å². The Morgan fingerprint density at radius 3 is 2.84 bits per heavy atom. The van der Waals surface area contributed by atoms with Crippen molar-refractivity contribution in [2.24, 2.45) is 13.0 Å². The Morgan fingerprint density at radius 2 is 2.16 bits per heavy atom. The standard InChI is InChI=1S/C17H19FN4O3/c1-21-9-10(8-19-21)16-12(4-6-15(24)22(16)2)17(25)20-13-7-11(18)3-5-14(13)23/h3,5,7-9,12,16,23H,4,6H2,1-2H3,(H,20,25)/t12-,16+/m0/s1. The molecule has 132 valence electrons. The van der Waals surface area contributed by atoms with Crippen LogP contribution >= 0.6 is 0 Å². The van der Waals surface area contributed by atoms with Gasteiger partial charge in [-0.3, -0.25) is 14.3 Å². The highest BCUT2D eigenvalue weighted by molar-refractivity contribution is 5.95. The molecular weight excluding hydrogens is 327 g/mol. The van der Waals surface area contributed by atoms with Crippen LogP contribution in [0.3, 0.4) is 0 Å². The number of phenols is 1. The van der Waals surface area contributed by atoms with Crippen LogP contribution in [0.2, 0.25) is 0 Å². The fraction of sp³-hybridized carbons (Fsp3) is 0.353. The molecular formula is C17H19FN4O3. The summed E-state index contributed by atoms with van der Waals surface area (Å²) in [4.78, 5) is 26.4. The summed E-state index contributed by atoms with van der Waals surface area (Å²) in [6, 6.07) is 2.88. The maximum atomic E-state index is 13.4. The number of nitrogens with zero attached hydrogens (tertiary/aromatic N) is 3. The molecule has 0 radical (unpaired) electrons. The van der Waals surface area contributed by atoms with Gasteiger partial charge in [-0.2, -0.15) is 5.10 Å². The first-order valence-corrected chi connectivity index (χ1v) is 7.90. The highest BCUT2D eigenvalue weighted by Gasteiger charge is 2.39. The van der Waals surface area contributed by atoms with Gasteiger partial charge in [-0.15, -0.1) is 0 Å². The number of phenolic OH excluding ortho intramolecular Hbond substituents is 1. The number of aromatic nitrogens is 2. The fourth-order valence-corrected chi connectivity index (χ4v) is 3.20. The van der Waals surface area contributed by atoms with Crippen LogP contribution in [0.25, 0.3) is 0 Å². The van der Waals surface area contributed by atoms with E-state index in [1.807, 2.05) is 0 Å². The predicted molar refractivity (Wildman–Crippen MR) is 88.1 cm³/mol. The Bertz CT molecular complexity index is 820. The second-order valence-corrected chi connectivity index (χ2v) is 6.19. The Hall–Kier alpha value is -2.90. The summed E-state index contributed by atoms with van der Waals surface area (Å²) in [6.45, 7) is 0. The molecule has 8 heteroatoms. The summed E-state index contributed by atoms with van der Waals surface area (Å²) < 4.78 is 15.0. The van der Waals surface area contributed by atoms with Crippen LogP contribution in [0.4, 0.5) is 10.1 Å². The number of nitrogens with one attached hydrogen (secondary N) is 1. The number of anilines is 1. The average molecular weight is 346 g/mol. The van der Waals surface area contributed by atoms with E-state index in [1.54, 1.807) is 31.2 Å². The normalized spacial score (nSPS) is 20.6. The van der Waals surface area contributed by atoms with E-state index in [0.717, 1.165) is 17.7 Å². The zero-order chi connectivity index (χ0) is 18.1. The Morgan fingerprint density at radius 1 is 1.40 bits per heavy atom. The third-order valence-electron chi connectivity index (χ3n) is 4.48. The maximum Gasteiger partial charge on any atom is 0.230 e. The minimum absolute atomic E-state index is 0.00879. The zero-order valence-electron chi connectivity index (χ0n) is 13.9. The monoisotopic (exact) mass is 346 g/mol. The van der Waals surface area contributed by atoms with Gasteiger partial charge in [0, 0.05) is 38.3 Å². The van der Waals surface area contributed by atoms with E-state index in [9.17, 15) is 19.1 Å². The molecule has 2 atom stereocenters. The van der Waals surface area contributed by atoms with Gasteiger partial charge in [0.05, 0.1) is 23.8 Å². The number of carbonyl (C=O) groups is 2. The lowest BCUT2D eigenvalue weighted by Gasteiger charge is -2.37. The molecule has 2 heterocycles. The zero-order valence-corrected chi connectivity index (χ0v) is 13.9. The van der Waals surface area contributed by atoms with Gasteiger partial charge in [-0.1, -0.05) is 0 Å². The van der Waals surface area contributed by atoms with E-state index in [-0.39, 0.29) is 29.7 Å². The molecule has 0 aliphatic carbocycles. The lowest BCUT2D eigenvalue weighted by Crippen LogP contribution is -2.44. The quantitative estimate of drug-likeness (QED) is 0.830. The third-order valence-corrected chi connectivity index (χ3v) is 4.48. The van der Waals surface area contributed by atoms with Crippen LogP contribution in [0.15, 0.2) is 30.6 Å². The van der Waals surface area contributed by atoms with Crippen LogP contribution in [0, 0.1) is 11.7 Å². The van der Waals surface area contributed by atoms with Crippen LogP contribution in [-0.4, -0.2) is 38.6 Å². The molecule has 2 aromatic rings. The molecule has 1 saturated heterocycles. The molecule has 2 amide bonds. The Kier molecular flexibility index (Phi) is 4.43. The van der Waals surface area contributed by atoms with Crippen LogP contribution in [0.1, 0.15) is 24.4 Å². The largest absolute Gasteiger partial charge is 0.506 e. The molecule has 0 unspecified atom stereocenters. The summed E-state index contributed by atoms with van der Waals surface area (Å²) in [5, 5.41) is 16.5. The molecule has 2 N–H and O–H groups in total. The van der Waals surface area contributed by atoms with Gasteiger partial charge in [-0.25, -0.2) is 4.39 Å². The van der Waals surface area contributed by atoms with E-state index in [0.29, 0.717) is 6.42 Å². The number of hydrogen-bond acceptors (Lipinski definition) is 4. The molecule has 1 aliphatic heterocycles. The topological polar surface area (TPSA) is 87.5 Å². The first-order valence-electron chi connectivity index (χ1n) is 7.90. The fourth-order valence-electron chi connectivity index (χ4n) is 3.20. The number of hydrogen-bond donors (Lipinski definition) is 2. The van der Waals surface area contributed by atoms with E-state index >= 15 is 0 Å². The summed E-state index contributed by atoms with van der Waals surface area (Å²) in [6.07, 6.45) is 4.00. The van der Waals surface area contributed by atoms with Gasteiger partial charge >= 0.3 is 0 Å². The first-order chi connectivity index (χ1) is 11.9. The number of aromatic hydroxyl groups is 1. The third kappa shape index (κ3) is 3.33. The minimum Gasteiger partial charge on any atom is -0.506 e. The van der Waals surface area contributed by atoms with Crippen molar-refractivity contribution in [3.63, 3.8) is 0 Å². The molecule has 7 nitrogen and oxygen atoms in total. The average Bonchev–Trinajstić information content (AvgIpc) is 2.99. The number of benzene rings is 1. The van der Waals surface area contributed by atoms with E-state index < -0.39 is 17.8 Å².